The Morgan fingerprint density at radius 2 is 1.26 bits per heavy atom. The minimum atomic E-state index is -1.78. The molecule has 0 N–H and O–H groups in total. The van der Waals surface area contributed by atoms with Crippen molar-refractivity contribution in [1.82, 2.24) is 0 Å². The van der Waals surface area contributed by atoms with Gasteiger partial charge in [-0.05, 0) is 115 Å². The monoisotopic (exact) mass is 636 g/mol. The molecule has 12 bridgehead atoms. The van der Waals surface area contributed by atoms with E-state index >= 15 is 0 Å². The second-order valence-corrected chi connectivity index (χ2v) is 17.8. The molecule has 2 aliphatic heterocycles. The lowest BCUT2D eigenvalue weighted by Crippen LogP contribution is -2.62. The first-order valence-electron chi connectivity index (χ1n) is 17.6. The minimum Gasteiger partial charge on any atom is -0.461 e. The van der Waals surface area contributed by atoms with Crippen molar-refractivity contribution in [3.05, 3.63) is 0 Å². The van der Waals surface area contributed by atoms with Gasteiger partial charge in [0.2, 0.25) is 0 Å². The Bertz CT molecular complexity index is 1460. The lowest BCUT2D eigenvalue weighted by atomic mass is 9.43. The first-order chi connectivity index (χ1) is 21.7. The van der Waals surface area contributed by atoms with Crippen molar-refractivity contribution in [3.8, 4) is 0 Å². The van der Waals surface area contributed by atoms with E-state index in [1.54, 1.807) is 7.11 Å². The van der Waals surface area contributed by atoms with Crippen LogP contribution in [0.15, 0.2) is 0 Å². The molecule has 12 fully saturated rings. The number of carbonyl (C=O) groups excluding carboxylic acids is 6. The normalized spacial score (nSPS) is 52.0. The van der Waals surface area contributed by atoms with Crippen molar-refractivity contribution in [3.63, 3.8) is 0 Å². The van der Waals surface area contributed by atoms with Crippen molar-refractivity contribution >= 4 is 35.4 Å². The molecular formula is C36H44O10. The molecule has 0 radical (unpaired) electrons. The highest BCUT2D eigenvalue weighted by molar-refractivity contribution is 6.06. The Hall–Kier alpha value is -2.62. The molecule has 2 saturated heterocycles. The number of methoxy groups -OCH3 is 1. The van der Waals surface area contributed by atoms with Crippen LogP contribution in [0.25, 0.3) is 0 Å². The van der Waals surface area contributed by atoms with Crippen LogP contribution in [0.3, 0.4) is 0 Å². The number of hydrogen-bond acceptors (Lipinski definition) is 10. The van der Waals surface area contributed by atoms with Crippen LogP contribution >= 0.6 is 0 Å². The molecule has 10 aliphatic carbocycles. The van der Waals surface area contributed by atoms with E-state index in [0.717, 1.165) is 32.1 Å². The topological polar surface area (TPSA) is 139 Å². The van der Waals surface area contributed by atoms with Gasteiger partial charge in [-0.1, -0.05) is 0 Å². The van der Waals surface area contributed by atoms with Gasteiger partial charge in [-0.25, -0.2) is 0 Å². The third kappa shape index (κ3) is 3.85. The smallest absolute Gasteiger partial charge is 0.331 e. The van der Waals surface area contributed by atoms with Crippen molar-refractivity contribution in [2.24, 2.45) is 51.2 Å². The zero-order valence-corrected chi connectivity index (χ0v) is 26.9. The van der Waals surface area contributed by atoms with Crippen molar-refractivity contribution < 1.29 is 47.7 Å². The molecule has 0 aromatic heterocycles. The number of ketones is 2. The van der Waals surface area contributed by atoms with E-state index < -0.39 is 63.1 Å². The second kappa shape index (κ2) is 9.08. The zero-order valence-electron chi connectivity index (χ0n) is 26.9. The molecule has 0 aromatic rings. The van der Waals surface area contributed by atoms with Crippen molar-refractivity contribution in [2.75, 3.05) is 7.11 Å². The fourth-order valence-corrected chi connectivity index (χ4v) is 13.6. The maximum Gasteiger partial charge on any atom is 0.331 e. The van der Waals surface area contributed by atoms with Gasteiger partial charge < -0.3 is 18.9 Å². The van der Waals surface area contributed by atoms with Crippen LogP contribution in [0.2, 0.25) is 0 Å². The third-order valence-electron chi connectivity index (χ3n) is 14.8. The number of Topliss-reactive ketones (excluding diaryl/α,β-unsaturated/α-hetero) is 2. The van der Waals surface area contributed by atoms with E-state index in [-0.39, 0.29) is 61.2 Å². The highest BCUT2D eigenvalue weighted by Gasteiger charge is 2.70. The molecule has 0 aromatic carbocycles. The summed E-state index contributed by atoms with van der Waals surface area (Å²) in [4.78, 5) is 82.3. The lowest BCUT2D eigenvalue weighted by Gasteiger charge is -2.61. The van der Waals surface area contributed by atoms with E-state index in [9.17, 15) is 28.8 Å². The quantitative estimate of drug-likeness (QED) is 0.237. The van der Waals surface area contributed by atoms with Gasteiger partial charge in [0.1, 0.15) is 23.3 Å². The molecule has 10 nitrogen and oxygen atoms in total. The Kier molecular flexibility index (Phi) is 5.83. The first-order valence-corrected chi connectivity index (χ1v) is 17.6. The third-order valence-corrected chi connectivity index (χ3v) is 14.8. The van der Waals surface area contributed by atoms with E-state index in [1.807, 2.05) is 0 Å². The van der Waals surface area contributed by atoms with Crippen LogP contribution in [-0.2, 0) is 47.7 Å². The Morgan fingerprint density at radius 1 is 0.652 bits per heavy atom. The van der Waals surface area contributed by atoms with Crippen LogP contribution in [0.4, 0.5) is 0 Å². The summed E-state index contributed by atoms with van der Waals surface area (Å²) in [7, 11) is 1.76. The number of esters is 4. The van der Waals surface area contributed by atoms with Gasteiger partial charge in [-0.3, -0.25) is 28.8 Å². The molecule has 10 saturated carbocycles. The molecule has 248 valence electrons. The average Bonchev–Trinajstić information content (AvgIpc) is 3.13. The highest BCUT2D eigenvalue weighted by Crippen LogP contribution is 2.66. The summed E-state index contributed by atoms with van der Waals surface area (Å²) < 4.78 is 24.3. The summed E-state index contributed by atoms with van der Waals surface area (Å²) in [6, 6.07) is 0. The fraction of sp³-hybridized carbons (Fsp3) is 0.833. The molecule has 0 amide bonds. The molecular weight excluding hydrogens is 592 g/mol. The van der Waals surface area contributed by atoms with Gasteiger partial charge in [0.05, 0.1) is 16.4 Å². The number of hydrogen-bond donors (Lipinski definition) is 0. The molecule has 10 heteroatoms. The van der Waals surface area contributed by atoms with Crippen LogP contribution in [0.5, 0.6) is 0 Å². The maximum atomic E-state index is 14.5. The Balaban J connectivity index is 0.996. The van der Waals surface area contributed by atoms with Gasteiger partial charge >= 0.3 is 23.9 Å². The van der Waals surface area contributed by atoms with E-state index in [0.29, 0.717) is 50.4 Å². The summed E-state index contributed by atoms with van der Waals surface area (Å²) in [5.74, 6) is -2.76. The van der Waals surface area contributed by atoms with Gasteiger partial charge in [0.25, 0.3) is 0 Å². The van der Waals surface area contributed by atoms with Crippen LogP contribution in [-0.4, -0.2) is 59.9 Å². The molecule has 12 aliphatic rings. The van der Waals surface area contributed by atoms with E-state index in [1.165, 1.54) is 6.92 Å². The number of carbonyl (C=O) groups is 6. The summed E-state index contributed by atoms with van der Waals surface area (Å²) in [6.45, 7) is 1.52. The first kappa shape index (κ1) is 29.5. The van der Waals surface area contributed by atoms with Crippen molar-refractivity contribution in [2.45, 2.75) is 127 Å². The number of ether oxygens (including phenoxy) is 4. The van der Waals surface area contributed by atoms with Gasteiger partial charge in [-0.2, -0.15) is 0 Å². The molecule has 0 spiro atoms. The summed E-state index contributed by atoms with van der Waals surface area (Å²) in [6.07, 6.45) is 8.01. The standard InChI is InChI=1S/C36H44O10/c1-19(37)31-11-23-13-33(16-31,14-24(12-31)26(23)38)27(39)45-30(42)36-10-22-4-25(44-29(36)41)15-32(5-22,17-36)28(40)46-35-8-20-3-21(9-35)7-34(6-20,18-35)43-2/h20-25H,3-18H2,1-2H3. The number of fused-ring (bicyclic) bond motifs is 1. The summed E-state index contributed by atoms with van der Waals surface area (Å²) >= 11 is 0. The molecule has 12 rings (SSSR count). The van der Waals surface area contributed by atoms with Crippen LogP contribution < -0.4 is 0 Å². The highest BCUT2D eigenvalue weighted by atomic mass is 16.6. The second-order valence-electron chi connectivity index (χ2n) is 17.8. The lowest BCUT2D eigenvalue weighted by molar-refractivity contribution is -0.236. The van der Waals surface area contributed by atoms with Gasteiger partial charge in [0, 0.05) is 37.2 Å². The fourth-order valence-electron chi connectivity index (χ4n) is 13.6. The SMILES string of the molecule is COC12CC3CC(C1)CC(OC(=O)C14CC5CC(C1)OC(=O)C(C(=O)OC(=O)C16CC7CC(C(C)=O)(CC(C1)C7=O)C6)(C5)C4)(C3)C2. The van der Waals surface area contributed by atoms with Crippen LogP contribution in [0.1, 0.15) is 110 Å². The number of rotatable bonds is 6. The van der Waals surface area contributed by atoms with Crippen LogP contribution in [0, 0.1) is 51.2 Å². The predicted molar refractivity (Wildman–Crippen MR) is 156 cm³/mol. The minimum absolute atomic E-state index is 0.0327. The predicted octanol–water partition coefficient (Wildman–Crippen LogP) is 4.18. The van der Waals surface area contributed by atoms with Crippen molar-refractivity contribution in [1.29, 1.82) is 0 Å². The average molecular weight is 637 g/mol. The maximum absolute atomic E-state index is 14.5. The summed E-state index contributed by atoms with van der Waals surface area (Å²) in [5.41, 5.74) is -5.62. The molecule has 2 heterocycles. The van der Waals surface area contributed by atoms with E-state index in [4.69, 9.17) is 18.9 Å². The van der Waals surface area contributed by atoms with Gasteiger partial charge in [0.15, 0.2) is 5.41 Å². The van der Waals surface area contributed by atoms with Gasteiger partial charge in [-0.15, -0.1) is 0 Å². The zero-order chi connectivity index (χ0) is 32.1. The molecule has 46 heavy (non-hydrogen) atoms. The Labute approximate surface area is 268 Å². The molecule has 8 atom stereocenters. The summed E-state index contributed by atoms with van der Waals surface area (Å²) in [5, 5.41) is 0. The van der Waals surface area contributed by atoms with E-state index in [2.05, 4.69) is 0 Å². The largest absolute Gasteiger partial charge is 0.461 e. The Morgan fingerprint density at radius 3 is 1.91 bits per heavy atom. The molecule has 8 unspecified atom stereocenters.